The number of halogens is 1. The fourth-order valence-electron chi connectivity index (χ4n) is 3.80. The van der Waals surface area contributed by atoms with E-state index in [-0.39, 0.29) is 18.7 Å². The summed E-state index contributed by atoms with van der Waals surface area (Å²) < 4.78 is 27.2. The number of hydrogen-bond acceptors (Lipinski definition) is 6. The lowest BCUT2D eigenvalue weighted by Gasteiger charge is -2.29. The van der Waals surface area contributed by atoms with E-state index in [9.17, 15) is 23.1 Å². The smallest absolute Gasteiger partial charge is 0.327 e. The maximum Gasteiger partial charge on any atom is 0.327 e. The van der Waals surface area contributed by atoms with Crippen LogP contribution in [0.25, 0.3) is 22.0 Å². The standard InChI is InChI=1S/C24H21ClN4O5S/c1-35(33,34)29(19-12-8-17(9-13-19)16-6-10-18(25)11-7-16)22(24(31)32)14-15-28-23(30)20-4-2-3-5-21(20)26-27-28/h2-13,22H,14-15H2,1H3,(H,31,32)/t22-/m0/s1. The van der Waals surface area contributed by atoms with E-state index >= 15 is 0 Å². The van der Waals surface area contributed by atoms with Crippen LogP contribution < -0.4 is 9.86 Å². The Hall–Kier alpha value is -3.76. The highest BCUT2D eigenvalue weighted by Crippen LogP contribution is 2.28. The molecular formula is C24H21ClN4O5S. The molecule has 0 aliphatic rings. The van der Waals surface area contributed by atoms with Crippen molar-refractivity contribution in [3.63, 3.8) is 0 Å². The van der Waals surface area contributed by atoms with Crippen molar-refractivity contribution in [1.82, 2.24) is 15.0 Å². The molecule has 3 aromatic carbocycles. The first-order valence-corrected chi connectivity index (χ1v) is 12.8. The Kier molecular flexibility index (Phi) is 6.86. The van der Waals surface area contributed by atoms with Gasteiger partial charge in [0.25, 0.3) is 5.56 Å². The second-order valence-corrected chi connectivity index (χ2v) is 10.2. The van der Waals surface area contributed by atoms with E-state index < -0.39 is 27.6 Å². The van der Waals surface area contributed by atoms with Crippen molar-refractivity contribution in [2.75, 3.05) is 10.6 Å². The minimum Gasteiger partial charge on any atom is -0.480 e. The van der Waals surface area contributed by atoms with Gasteiger partial charge in [0.1, 0.15) is 11.6 Å². The predicted octanol–water partition coefficient (Wildman–Crippen LogP) is 3.42. The third-order valence-electron chi connectivity index (χ3n) is 5.47. The fourth-order valence-corrected chi connectivity index (χ4v) is 5.09. The van der Waals surface area contributed by atoms with Crippen LogP contribution in [0, 0.1) is 0 Å². The zero-order chi connectivity index (χ0) is 25.2. The SMILES string of the molecule is CS(=O)(=O)N(c1ccc(-c2ccc(Cl)cc2)cc1)[C@@H](CCn1nnc2ccccc2c1=O)C(=O)O. The second-order valence-electron chi connectivity index (χ2n) is 7.89. The van der Waals surface area contributed by atoms with Gasteiger partial charge in [-0.15, -0.1) is 5.10 Å². The van der Waals surface area contributed by atoms with Gasteiger partial charge in [-0.3, -0.25) is 9.10 Å². The third kappa shape index (κ3) is 5.33. The molecule has 11 heteroatoms. The third-order valence-corrected chi connectivity index (χ3v) is 6.90. The molecule has 1 atom stereocenters. The Morgan fingerprint density at radius 3 is 2.23 bits per heavy atom. The lowest BCUT2D eigenvalue weighted by Crippen LogP contribution is -2.46. The van der Waals surface area contributed by atoms with Gasteiger partial charge >= 0.3 is 5.97 Å². The summed E-state index contributed by atoms with van der Waals surface area (Å²) in [7, 11) is -3.98. The highest BCUT2D eigenvalue weighted by Gasteiger charge is 2.32. The highest BCUT2D eigenvalue weighted by atomic mass is 35.5. The molecule has 0 spiro atoms. The minimum atomic E-state index is -3.98. The van der Waals surface area contributed by atoms with Crippen molar-refractivity contribution in [2.45, 2.75) is 19.0 Å². The highest BCUT2D eigenvalue weighted by molar-refractivity contribution is 7.92. The summed E-state index contributed by atoms with van der Waals surface area (Å²) in [6, 6.07) is 18.8. The van der Waals surface area contributed by atoms with Gasteiger partial charge in [-0.1, -0.05) is 53.2 Å². The van der Waals surface area contributed by atoms with E-state index in [0.717, 1.165) is 26.4 Å². The first-order valence-electron chi connectivity index (χ1n) is 10.6. The van der Waals surface area contributed by atoms with Crippen LogP contribution in [-0.2, 0) is 21.4 Å². The molecule has 4 aromatic rings. The van der Waals surface area contributed by atoms with Gasteiger partial charge in [0.05, 0.1) is 17.3 Å². The van der Waals surface area contributed by atoms with E-state index in [1.165, 1.54) is 0 Å². The summed E-state index contributed by atoms with van der Waals surface area (Å²) in [4.78, 5) is 24.9. The maximum absolute atomic E-state index is 12.7. The Morgan fingerprint density at radius 1 is 1.03 bits per heavy atom. The largest absolute Gasteiger partial charge is 0.480 e. The average Bonchev–Trinajstić information content (AvgIpc) is 2.83. The monoisotopic (exact) mass is 512 g/mol. The molecule has 0 aliphatic heterocycles. The number of sulfonamides is 1. The quantitative estimate of drug-likeness (QED) is 0.383. The van der Waals surface area contributed by atoms with Crippen LogP contribution in [-0.4, -0.2) is 46.8 Å². The Labute approximate surface area is 206 Å². The number of carbonyl (C=O) groups is 1. The molecule has 0 unspecified atom stereocenters. The van der Waals surface area contributed by atoms with Crippen molar-refractivity contribution in [2.24, 2.45) is 0 Å². The molecule has 0 saturated heterocycles. The van der Waals surface area contributed by atoms with E-state index in [4.69, 9.17) is 11.6 Å². The number of rotatable bonds is 8. The molecule has 0 saturated carbocycles. The first-order chi connectivity index (χ1) is 16.6. The molecule has 0 fully saturated rings. The van der Waals surface area contributed by atoms with Crippen molar-refractivity contribution < 1.29 is 18.3 Å². The van der Waals surface area contributed by atoms with Crippen molar-refractivity contribution in [3.8, 4) is 11.1 Å². The minimum absolute atomic E-state index is 0.136. The number of nitrogens with zero attached hydrogens (tertiary/aromatic N) is 4. The Balaban J connectivity index is 1.64. The summed E-state index contributed by atoms with van der Waals surface area (Å²) in [6.45, 7) is -0.136. The summed E-state index contributed by atoms with van der Waals surface area (Å²) >= 11 is 5.93. The zero-order valence-corrected chi connectivity index (χ0v) is 20.1. The maximum atomic E-state index is 12.7. The second kappa shape index (κ2) is 9.85. The molecule has 4 rings (SSSR count). The summed E-state index contributed by atoms with van der Waals surface area (Å²) in [5, 5.41) is 18.7. The number of anilines is 1. The van der Waals surface area contributed by atoms with E-state index in [1.54, 1.807) is 60.7 Å². The van der Waals surface area contributed by atoms with E-state index in [1.807, 2.05) is 12.1 Å². The Bertz CT molecular complexity index is 1540. The summed E-state index contributed by atoms with van der Waals surface area (Å²) in [5.74, 6) is -1.35. The van der Waals surface area contributed by atoms with Gasteiger partial charge in [-0.25, -0.2) is 17.9 Å². The molecule has 9 nitrogen and oxygen atoms in total. The van der Waals surface area contributed by atoms with Gasteiger partial charge in [-0.2, -0.15) is 0 Å². The lowest BCUT2D eigenvalue weighted by molar-refractivity contribution is -0.138. The molecule has 1 heterocycles. The van der Waals surface area contributed by atoms with Crippen molar-refractivity contribution in [1.29, 1.82) is 0 Å². The van der Waals surface area contributed by atoms with Crippen LogP contribution in [0.15, 0.2) is 77.6 Å². The van der Waals surface area contributed by atoms with Gasteiger partial charge in [-0.05, 0) is 53.9 Å². The molecule has 180 valence electrons. The molecule has 1 aromatic heterocycles. The topological polar surface area (TPSA) is 122 Å². The van der Waals surface area contributed by atoms with Crippen LogP contribution in [0.2, 0.25) is 5.02 Å². The lowest BCUT2D eigenvalue weighted by atomic mass is 10.1. The van der Waals surface area contributed by atoms with E-state index in [2.05, 4.69) is 10.3 Å². The van der Waals surface area contributed by atoms with Crippen LogP contribution in [0.5, 0.6) is 0 Å². The van der Waals surface area contributed by atoms with E-state index in [0.29, 0.717) is 15.9 Å². The van der Waals surface area contributed by atoms with Crippen molar-refractivity contribution >= 4 is 44.2 Å². The summed E-state index contributed by atoms with van der Waals surface area (Å²) in [6.07, 6.45) is 0.742. The number of carboxylic acids is 1. The molecule has 1 N–H and O–H groups in total. The number of fused-ring (bicyclic) bond motifs is 1. The normalized spacial score (nSPS) is 12.4. The van der Waals surface area contributed by atoms with Gasteiger partial charge in [0.2, 0.25) is 10.0 Å². The fraction of sp³-hybridized carbons (Fsp3) is 0.167. The molecule has 0 aliphatic carbocycles. The van der Waals surface area contributed by atoms with Gasteiger partial charge < -0.3 is 5.11 Å². The molecule has 35 heavy (non-hydrogen) atoms. The average molecular weight is 513 g/mol. The summed E-state index contributed by atoms with van der Waals surface area (Å²) in [5.41, 5.74) is 1.86. The van der Waals surface area contributed by atoms with Gasteiger partial charge in [0.15, 0.2) is 0 Å². The molecule has 0 amide bonds. The van der Waals surface area contributed by atoms with Crippen LogP contribution in [0.1, 0.15) is 6.42 Å². The number of benzene rings is 3. The number of aryl methyl sites for hydroxylation is 1. The number of carboxylic acid groups (broad SMARTS) is 1. The molecular weight excluding hydrogens is 492 g/mol. The van der Waals surface area contributed by atoms with Crippen LogP contribution >= 0.6 is 11.6 Å². The molecule has 0 radical (unpaired) electrons. The first kappa shape index (κ1) is 24.4. The van der Waals surface area contributed by atoms with Crippen LogP contribution in [0.4, 0.5) is 5.69 Å². The van der Waals surface area contributed by atoms with Crippen LogP contribution in [0.3, 0.4) is 0 Å². The Morgan fingerprint density at radius 2 is 1.63 bits per heavy atom. The number of aromatic nitrogens is 3. The van der Waals surface area contributed by atoms with Gasteiger partial charge in [0, 0.05) is 11.6 Å². The zero-order valence-electron chi connectivity index (χ0n) is 18.6. The predicted molar refractivity (Wildman–Crippen MR) is 134 cm³/mol. The number of hydrogen-bond donors (Lipinski definition) is 1. The molecule has 0 bridgehead atoms. The van der Waals surface area contributed by atoms with Crippen molar-refractivity contribution in [3.05, 3.63) is 88.2 Å². The number of aliphatic carboxylic acids is 1.